The van der Waals surface area contributed by atoms with E-state index in [1.54, 1.807) is 0 Å². The number of nitrogens with two attached hydrogens (primary N) is 1. The van der Waals surface area contributed by atoms with Crippen LogP contribution in [-0.4, -0.2) is 23.9 Å². The molecule has 0 amide bonds. The van der Waals surface area contributed by atoms with Crippen molar-refractivity contribution < 1.29 is 0 Å². The fourth-order valence-corrected chi connectivity index (χ4v) is 3.20. The van der Waals surface area contributed by atoms with Crippen molar-refractivity contribution in [3.8, 4) is 0 Å². The van der Waals surface area contributed by atoms with Gasteiger partial charge in [0.2, 0.25) is 0 Å². The second-order valence-corrected chi connectivity index (χ2v) is 6.09. The predicted octanol–water partition coefficient (Wildman–Crippen LogP) is 1.95. The summed E-state index contributed by atoms with van der Waals surface area (Å²) >= 11 is 0. The van der Waals surface area contributed by atoms with Crippen LogP contribution in [0.15, 0.2) is 6.07 Å². The number of hydrogen-bond acceptors (Lipinski definition) is 3. The molecule has 1 aliphatic heterocycles. The Morgan fingerprint density at radius 3 is 2.63 bits per heavy atom. The number of nitrogens with zero attached hydrogens (tertiary/aromatic N) is 2. The van der Waals surface area contributed by atoms with Gasteiger partial charge in [-0.05, 0) is 42.7 Å². The van der Waals surface area contributed by atoms with Crippen molar-refractivity contribution in [2.24, 2.45) is 17.6 Å². The number of aromatic nitrogens is 1. The van der Waals surface area contributed by atoms with Crippen LogP contribution in [-0.2, 0) is 12.8 Å². The maximum Gasteiger partial charge on any atom is 0.139 e. The molecule has 1 fully saturated rings. The van der Waals surface area contributed by atoms with E-state index in [0.29, 0.717) is 11.8 Å². The Hall–Kier alpha value is -1.58. The van der Waals surface area contributed by atoms with E-state index < -0.39 is 0 Å². The smallest absolute Gasteiger partial charge is 0.139 e. The molecule has 3 N–H and O–H groups in total. The van der Waals surface area contributed by atoms with Gasteiger partial charge < -0.3 is 10.6 Å². The fraction of sp³-hybridized carbons (Fsp3) is 0.600. The summed E-state index contributed by atoms with van der Waals surface area (Å²) in [6, 6.07) is 2.10. The lowest BCUT2D eigenvalue weighted by Crippen LogP contribution is -2.26. The zero-order valence-corrected chi connectivity index (χ0v) is 11.7. The molecule has 4 heteroatoms. The molecule has 1 aromatic heterocycles. The Bertz CT molecular complexity index is 513. The van der Waals surface area contributed by atoms with Gasteiger partial charge in [-0.25, -0.2) is 4.98 Å². The van der Waals surface area contributed by atoms with E-state index >= 15 is 0 Å². The summed E-state index contributed by atoms with van der Waals surface area (Å²) in [6.07, 6.45) is 3.32. The van der Waals surface area contributed by atoms with Crippen LogP contribution in [0.4, 0.5) is 5.82 Å². The molecular formula is C15H22N4. The molecule has 1 aliphatic carbocycles. The number of fused-ring (bicyclic) bond motifs is 1. The van der Waals surface area contributed by atoms with Gasteiger partial charge in [-0.3, -0.25) is 5.41 Å². The molecule has 0 saturated carbocycles. The Morgan fingerprint density at radius 2 is 2.00 bits per heavy atom. The lowest BCUT2D eigenvalue weighted by atomic mass is 10.0. The first kappa shape index (κ1) is 12.5. The molecule has 0 radical (unpaired) electrons. The average Bonchev–Trinajstić information content (AvgIpc) is 2.94. The molecule has 1 saturated heterocycles. The summed E-state index contributed by atoms with van der Waals surface area (Å²) in [5.41, 5.74) is 9.08. The number of rotatable bonds is 2. The molecule has 19 heavy (non-hydrogen) atoms. The normalized spacial score (nSPS) is 25.7. The Labute approximate surface area is 114 Å². The minimum Gasteiger partial charge on any atom is -0.384 e. The van der Waals surface area contributed by atoms with Crippen LogP contribution >= 0.6 is 0 Å². The van der Waals surface area contributed by atoms with E-state index in [0.717, 1.165) is 37.3 Å². The molecule has 2 heterocycles. The average molecular weight is 258 g/mol. The summed E-state index contributed by atoms with van der Waals surface area (Å²) in [5, 5.41) is 7.81. The van der Waals surface area contributed by atoms with Gasteiger partial charge in [-0.15, -0.1) is 0 Å². The van der Waals surface area contributed by atoms with Crippen LogP contribution in [0.5, 0.6) is 0 Å². The molecule has 2 atom stereocenters. The third-order valence-corrected chi connectivity index (χ3v) is 4.61. The van der Waals surface area contributed by atoms with E-state index in [1.807, 2.05) is 0 Å². The van der Waals surface area contributed by atoms with E-state index in [2.05, 4.69) is 24.8 Å². The zero-order valence-electron chi connectivity index (χ0n) is 11.7. The maximum absolute atomic E-state index is 7.81. The zero-order chi connectivity index (χ0) is 13.6. The highest BCUT2D eigenvalue weighted by Gasteiger charge is 2.30. The van der Waals surface area contributed by atoms with Gasteiger partial charge in [0, 0.05) is 18.8 Å². The largest absolute Gasteiger partial charge is 0.384 e. The van der Waals surface area contributed by atoms with Gasteiger partial charge >= 0.3 is 0 Å². The first-order valence-corrected chi connectivity index (χ1v) is 7.18. The molecule has 102 valence electrons. The van der Waals surface area contributed by atoms with Crippen molar-refractivity contribution in [2.75, 3.05) is 18.0 Å². The number of amidine groups is 1. The summed E-state index contributed by atoms with van der Waals surface area (Å²) in [4.78, 5) is 7.14. The van der Waals surface area contributed by atoms with Gasteiger partial charge in [0.05, 0.1) is 5.56 Å². The molecule has 0 spiro atoms. The minimum absolute atomic E-state index is 0.143. The molecule has 4 nitrogen and oxygen atoms in total. The molecule has 2 unspecified atom stereocenters. The van der Waals surface area contributed by atoms with Gasteiger partial charge in [-0.1, -0.05) is 13.8 Å². The third kappa shape index (κ3) is 2.09. The summed E-state index contributed by atoms with van der Waals surface area (Å²) in [6.45, 7) is 6.61. The van der Waals surface area contributed by atoms with Crippen molar-refractivity contribution >= 4 is 11.7 Å². The van der Waals surface area contributed by atoms with Gasteiger partial charge in [-0.2, -0.15) is 0 Å². The molecule has 1 aromatic rings. The molecule has 0 bridgehead atoms. The van der Waals surface area contributed by atoms with Gasteiger partial charge in [0.15, 0.2) is 0 Å². The highest BCUT2D eigenvalue weighted by molar-refractivity contribution is 6.00. The van der Waals surface area contributed by atoms with Gasteiger partial charge in [0.1, 0.15) is 11.7 Å². The number of nitrogens with one attached hydrogen (secondary N) is 1. The number of pyridine rings is 1. The van der Waals surface area contributed by atoms with Crippen molar-refractivity contribution in [1.82, 2.24) is 4.98 Å². The summed E-state index contributed by atoms with van der Waals surface area (Å²) < 4.78 is 0. The highest BCUT2D eigenvalue weighted by atomic mass is 15.2. The van der Waals surface area contributed by atoms with Crippen molar-refractivity contribution in [1.29, 1.82) is 5.41 Å². The quantitative estimate of drug-likeness (QED) is 0.629. The van der Waals surface area contributed by atoms with Crippen LogP contribution in [0.1, 0.15) is 37.1 Å². The monoisotopic (exact) mass is 258 g/mol. The topological polar surface area (TPSA) is 66.0 Å². The van der Waals surface area contributed by atoms with Crippen molar-refractivity contribution in [3.63, 3.8) is 0 Å². The lowest BCUT2D eigenvalue weighted by Gasteiger charge is -2.21. The number of hydrogen-bond donors (Lipinski definition) is 2. The van der Waals surface area contributed by atoms with E-state index in [1.165, 1.54) is 17.7 Å². The molecular weight excluding hydrogens is 236 g/mol. The first-order chi connectivity index (χ1) is 9.06. The van der Waals surface area contributed by atoms with Crippen LogP contribution in [0, 0.1) is 17.2 Å². The summed E-state index contributed by atoms with van der Waals surface area (Å²) in [7, 11) is 0. The van der Waals surface area contributed by atoms with Crippen molar-refractivity contribution in [3.05, 3.63) is 22.9 Å². The maximum atomic E-state index is 7.81. The first-order valence-electron chi connectivity index (χ1n) is 7.18. The SMILES string of the molecule is CC1CN(c2nc3c(cc2C(=N)N)CCC3)CC1C. The number of aryl methyl sites for hydroxylation is 2. The van der Waals surface area contributed by atoms with E-state index in [9.17, 15) is 0 Å². The molecule has 0 aromatic carbocycles. The Morgan fingerprint density at radius 1 is 1.32 bits per heavy atom. The van der Waals surface area contributed by atoms with E-state index in [-0.39, 0.29) is 5.84 Å². The lowest BCUT2D eigenvalue weighted by molar-refractivity contribution is 0.494. The number of nitrogen functional groups attached to an aromatic ring is 1. The minimum atomic E-state index is 0.143. The molecule has 3 rings (SSSR count). The Kier molecular flexibility index (Phi) is 2.96. The molecule has 2 aliphatic rings. The summed E-state index contributed by atoms with van der Waals surface area (Å²) in [5.74, 6) is 2.43. The number of anilines is 1. The third-order valence-electron chi connectivity index (χ3n) is 4.61. The van der Waals surface area contributed by atoms with Crippen LogP contribution in [0.25, 0.3) is 0 Å². The van der Waals surface area contributed by atoms with Crippen LogP contribution in [0.2, 0.25) is 0 Å². The van der Waals surface area contributed by atoms with Gasteiger partial charge in [0.25, 0.3) is 0 Å². The van der Waals surface area contributed by atoms with Crippen LogP contribution in [0.3, 0.4) is 0 Å². The standard InChI is InChI=1S/C15H22N4/c1-9-7-19(8-10(9)2)15-12(14(16)17)6-11-4-3-5-13(11)18-15/h6,9-10H,3-5,7-8H2,1-2H3,(H3,16,17). The Balaban J connectivity index is 2.02. The van der Waals surface area contributed by atoms with E-state index in [4.69, 9.17) is 16.1 Å². The fourth-order valence-electron chi connectivity index (χ4n) is 3.20. The van der Waals surface area contributed by atoms with Crippen LogP contribution < -0.4 is 10.6 Å². The second kappa shape index (κ2) is 4.51. The highest BCUT2D eigenvalue weighted by Crippen LogP contribution is 2.32. The van der Waals surface area contributed by atoms with Crippen molar-refractivity contribution in [2.45, 2.75) is 33.1 Å². The predicted molar refractivity (Wildman–Crippen MR) is 77.8 cm³/mol. The second-order valence-electron chi connectivity index (χ2n) is 6.09.